The van der Waals surface area contributed by atoms with Crippen molar-refractivity contribution >= 4 is 17.5 Å². The third kappa shape index (κ3) is 3.22. The van der Waals surface area contributed by atoms with E-state index in [9.17, 15) is 15.0 Å². The molecule has 2 unspecified atom stereocenters. The van der Waals surface area contributed by atoms with Gasteiger partial charge in [0, 0.05) is 29.7 Å². The number of phenols is 2. The SMILES string of the molecule is CC1SCCN(CC(=O)c2ccc(O)cc2O)C1C. The first-order valence-electron chi connectivity index (χ1n) is 6.40. The second-order valence-corrected chi connectivity index (χ2v) is 6.40. The van der Waals surface area contributed by atoms with Crippen molar-refractivity contribution in [3.8, 4) is 11.5 Å². The van der Waals surface area contributed by atoms with Crippen LogP contribution in [0.2, 0.25) is 0 Å². The maximum absolute atomic E-state index is 12.2. The third-order valence-corrected chi connectivity index (χ3v) is 4.98. The molecule has 0 bridgehead atoms. The van der Waals surface area contributed by atoms with E-state index < -0.39 is 0 Å². The molecule has 0 amide bonds. The zero-order valence-corrected chi connectivity index (χ0v) is 12.0. The zero-order chi connectivity index (χ0) is 14.0. The highest BCUT2D eigenvalue weighted by Crippen LogP contribution is 2.26. The van der Waals surface area contributed by atoms with Crippen molar-refractivity contribution in [2.45, 2.75) is 25.1 Å². The summed E-state index contributed by atoms with van der Waals surface area (Å²) in [5.74, 6) is 0.728. The van der Waals surface area contributed by atoms with Crippen LogP contribution in [0, 0.1) is 0 Å². The molecule has 5 heteroatoms. The van der Waals surface area contributed by atoms with Crippen LogP contribution < -0.4 is 0 Å². The molecule has 0 spiro atoms. The Bertz CT molecular complexity index is 478. The van der Waals surface area contributed by atoms with Gasteiger partial charge in [0.15, 0.2) is 5.78 Å². The summed E-state index contributed by atoms with van der Waals surface area (Å²) in [5.41, 5.74) is 0.274. The third-order valence-electron chi connectivity index (χ3n) is 3.64. The highest BCUT2D eigenvalue weighted by atomic mass is 32.2. The number of rotatable bonds is 3. The lowest BCUT2D eigenvalue weighted by atomic mass is 10.1. The molecule has 1 aliphatic rings. The van der Waals surface area contributed by atoms with Gasteiger partial charge in [-0.25, -0.2) is 0 Å². The summed E-state index contributed by atoms with van der Waals surface area (Å²) >= 11 is 1.92. The highest BCUT2D eigenvalue weighted by Gasteiger charge is 2.27. The van der Waals surface area contributed by atoms with Crippen LogP contribution in [-0.2, 0) is 0 Å². The molecular weight excluding hydrogens is 262 g/mol. The van der Waals surface area contributed by atoms with Crippen LogP contribution >= 0.6 is 11.8 Å². The molecule has 4 nitrogen and oxygen atoms in total. The Labute approximate surface area is 117 Å². The van der Waals surface area contributed by atoms with Crippen molar-refractivity contribution in [2.24, 2.45) is 0 Å². The van der Waals surface area contributed by atoms with Crippen LogP contribution in [-0.4, -0.2) is 51.0 Å². The Morgan fingerprint density at radius 3 is 2.84 bits per heavy atom. The highest BCUT2D eigenvalue weighted by molar-refractivity contribution is 8.00. The average molecular weight is 281 g/mol. The van der Waals surface area contributed by atoms with E-state index in [4.69, 9.17) is 0 Å². The number of nitrogens with zero attached hydrogens (tertiary/aromatic N) is 1. The number of ketones is 1. The molecule has 1 aromatic carbocycles. The molecule has 1 fully saturated rings. The van der Waals surface area contributed by atoms with Gasteiger partial charge in [0.05, 0.1) is 12.1 Å². The number of thioether (sulfide) groups is 1. The topological polar surface area (TPSA) is 60.8 Å². The average Bonchev–Trinajstić information content (AvgIpc) is 2.34. The van der Waals surface area contributed by atoms with E-state index in [-0.39, 0.29) is 22.8 Å². The predicted molar refractivity (Wildman–Crippen MR) is 77.1 cm³/mol. The summed E-state index contributed by atoms with van der Waals surface area (Å²) in [6.45, 7) is 5.50. The maximum atomic E-state index is 12.2. The van der Waals surface area contributed by atoms with Gasteiger partial charge in [-0.2, -0.15) is 11.8 Å². The lowest BCUT2D eigenvalue weighted by molar-refractivity contribution is 0.0899. The Balaban J connectivity index is 2.08. The van der Waals surface area contributed by atoms with Crippen LogP contribution in [0.15, 0.2) is 18.2 Å². The number of carbonyl (C=O) groups excluding carboxylic acids is 1. The lowest BCUT2D eigenvalue weighted by Gasteiger charge is -2.36. The summed E-state index contributed by atoms with van der Waals surface area (Å²) in [6.07, 6.45) is 0. The van der Waals surface area contributed by atoms with Crippen LogP contribution in [0.5, 0.6) is 11.5 Å². The van der Waals surface area contributed by atoms with Gasteiger partial charge < -0.3 is 10.2 Å². The van der Waals surface area contributed by atoms with Gasteiger partial charge in [-0.3, -0.25) is 9.69 Å². The van der Waals surface area contributed by atoms with E-state index >= 15 is 0 Å². The summed E-state index contributed by atoms with van der Waals surface area (Å²) in [5, 5.41) is 19.4. The smallest absolute Gasteiger partial charge is 0.180 e. The summed E-state index contributed by atoms with van der Waals surface area (Å²) in [4.78, 5) is 14.4. The van der Waals surface area contributed by atoms with E-state index in [2.05, 4.69) is 18.7 Å². The van der Waals surface area contributed by atoms with Crippen LogP contribution in [0.25, 0.3) is 0 Å². The fraction of sp³-hybridized carbons (Fsp3) is 0.500. The Hall–Kier alpha value is -1.20. The van der Waals surface area contributed by atoms with Crippen LogP contribution in [0.1, 0.15) is 24.2 Å². The van der Waals surface area contributed by atoms with Crippen molar-refractivity contribution in [3.63, 3.8) is 0 Å². The molecule has 0 saturated carbocycles. The van der Waals surface area contributed by atoms with Gasteiger partial charge in [-0.05, 0) is 19.1 Å². The van der Waals surface area contributed by atoms with Crippen molar-refractivity contribution < 1.29 is 15.0 Å². The van der Waals surface area contributed by atoms with Gasteiger partial charge in [0.1, 0.15) is 11.5 Å². The standard InChI is InChI=1S/C14H19NO3S/c1-9-10(2)19-6-5-15(9)8-14(18)12-4-3-11(16)7-13(12)17/h3-4,7,9-10,16-17H,5-6,8H2,1-2H3. The van der Waals surface area contributed by atoms with Crippen molar-refractivity contribution in [1.29, 1.82) is 0 Å². The minimum Gasteiger partial charge on any atom is -0.508 e. The number of phenolic OH excluding ortho intramolecular Hbond substituents is 2. The van der Waals surface area contributed by atoms with E-state index in [1.165, 1.54) is 18.2 Å². The summed E-state index contributed by atoms with van der Waals surface area (Å²) in [7, 11) is 0. The van der Waals surface area contributed by atoms with Gasteiger partial charge in [-0.15, -0.1) is 0 Å². The molecule has 0 aromatic heterocycles. The molecule has 1 aromatic rings. The van der Waals surface area contributed by atoms with E-state index in [0.29, 0.717) is 17.8 Å². The van der Waals surface area contributed by atoms with Crippen LogP contribution in [0.4, 0.5) is 0 Å². The van der Waals surface area contributed by atoms with E-state index in [0.717, 1.165) is 12.3 Å². The molecule has 2 rings (SSSR count). The first kappa shape index (κ1) is 14.2. The Kier molecular flexibility index (Phi) is 4.37. The van der Waals surface area contributed by atoms with Crippen molar-refractivity contribution in [2.75, 3.05) is 18.8 Å². The van der Waals surface area contributed by atoms with Gasteiger partial charge in [0.25, 0.3) is 0 Å². The summed E-state index contributed by atoms with van der Waals surface area (Å²) < 4.78 is 0. The zero-order valence-electron chi connectivity index (χ0n) is 11.2. The number of benzene rings is 1. The molecule has 1 heterocycles. The molecular formula is C14H19NO3S. The second kappa shape index (κ2) is 5.84. The maximum Gasteiger partial charge on any atom is 0.180 e. The predicted octanol–water partition coefficient (Wildman–Crippen LogP) is 2.11. The fourth-order valence-corrected chi connectivity index (χ4v) is 3.41. The molecule has 0 radical (unpaired) electrons. The largest absolute Gasteiger partial charge is 0.508 e. The monoisotopic (exact) mass is 281 g/mol. The minimum atomic E-state index is -0.155. The molecule has 1 aliphatic heterocycles. The Morgan fingerprint density at radius 2 is 2.16 bits per heavy atom. The minimum absolute atomic E-state index is 0.0367. The first-order chi connectivity index (χ1) is 8.99. The van der Waals surface area contributed by atoms with Crippen molar-refractivity contribution in [1.82, 2.24) is 4.90 Å². The molecule has 0 aliphatic carbocycles. The molecule has 1 saturated heterocycles. The Morgan fingerprint density at radius 1 is 1.42 bits per heavy atom. The number of aromatic hydroxyl groups is 2. The van der Waals surface area contributed by atoms with Gasteiger partial charge in [0.2, 0.25) is 0 Å². The number of hydrogen-bond acceptors (Lipinski definition) is 5. The molecule has 2 atom stereocenters. The van der Waals surface area contributed by atoms with E-state index in [1.54, 1.807) is 0 Å². The first-order valence-corrected chi connectivity index (χ1v) is 7.44. The van der Waals surface area contributed by atoms with Crippen molar-refractivity contribution in [3.05, 3.63) is 23.8 Å². The van der Waals surface area contributed by atoms with E-state index in [1.807, 2.05) is 11.8 Å². The van der Waals surface area contributed by atoms with Gasteiger partial charge >= 0.3 is 0 Å². The molecule has 104 valence electrons. The lowest BCUT2D eigenvalue weighted by Crippen LogP contribution is -2.46. The number of carbonyl (C=O) groups is 1. The number of Topliss-reactive ketones (excluding diaryl/α,β-unsaturated/α-hetero) is 1. The second-order valence-electron chi connectivity index (χ2n) is 4.91. The quantitative estimate of drug-likeness (QED) is 0.831. The molecule has 2 N–H and O–H groups in total. The normalized spacial score (nSPS) is 24.3. The summed E-state index contributed by atoms with van der Waals surface area (Å²) in [6, 6.07) is 4.44. The fourth-order valence-electron chi connectivity index (χ4n) is 2.24. The van der Waals surface area contributed by atoms with Crippen LogP contribution in [0.3, 0.4) is 0 Å². The van der Waals surface area contributed by atoms with Gasteiger partial charge in [-0.1, -0.05) is 6.92 Å². The molecule has 19 heavy (non-hydrogen) atoms. The number of hydrogen-bond donors (Lipinski definition) is 2.